The zero-order valence-corrected chi connectivity index (χ0v) is 18.8. The number of Topliss-reactive ketones (excluding diaryl/α,β-unsaturated/α-hetero) is 2. The van der Waals surface area contributed by atoms with E-state index < -0.39 is 11.9 Å². The highest BCUT2D eigenvalue weighted by atomic mass is 35.5. The Morgan fingerprint density at radius 3 is 2.18 bits per heavy atom. The van der Waals surface area contributed by atoms with Gasteiger partial charge in [0.25, 0.3) is 0 Å². The molecule has 33 heavy (non-hydrogen) atoms. The Bertz CT molecular complexity index is 1350. The summed E-state index contributed by atoms with van der Waals surface area (Å²) in [6, 6.07) is 4.41. The molecule has 4 nitrogen and oxygen atoms in total. The Labute approximate surface area is 198 Å². The van der Waals surface area contributed by atoms with Gasteiger partial charge in [-0.1, -0.05) is 18.5 Å². The first-order valence-corrected chi connectivity index (χ1v) is 10.2. The van der Waals surface area contributed by atoms with Crippen LogP contribution in [-0.4, -0.2) is 17.5 Å². The quantitative estimate of drug-likeness (QED) is 0.378. The largest absolute Gasteiger partial charge is 0.367 e. The van der Waals surface area contributed by atoms with Crippen molar-refractivity contribution in [1.82, 2.24) is 0 Å². The number of terminal acetylenes is 1. The molecule has 1 atom stereocenters. The first-order valence-electron chi connectivity index (χ1n) is 9.81. The lowest BCUT2D eigenvalue weighted by molar-refractivity contribution is -0.134. The van der Waals surface area contributed by atoms with Crippen molar-refractivity contribution in [3.8, 4) is 71.7 Å². The summed E-state index contributed by atoms with van der Waals surface area (Å²) in [6.45, 7) is 3.48. The van der Waals surface area contributed by atoms with E-state index in [0.717, 1.165) is 12.8 Å². The van der Waals surface area contributed by atoms with Crippen molar-refractivity contribution >= 4 is 29.1 Å². The molecule has 1 aliphatic carbocycles. The first-order chi connectivity index (χ1) is 15.8. The summed E-state index contributed by atoms with van der Waals surface area (Å²) >= 11 is 6.18. The average molecular weight is 453 g/mol. The number of carbonyl (C=O) groups excluding carboxylic acids is 3. The van der Waals surface area contributed by atoms with Crippen molar-refractivity contribution in [2.75, 3.05) is 0 Å². The van der Waals surface area contributed by atoms with Crippen LogP contribution in [0.15, 0.2) is 18.2 Å². The van der Waals surface area contributed by atoms with Crippen LogP contribution < -0.4 is 0 Å². The number of hydrogen-bond acceptors (Lipinski definition) is 4. The third-order valence-corrected chi connectivity index (χ3v) is 5.25. The molecule has 0 amide bonds. The van der Waals surface area contributed by atoms with Crippen LogP contribution in [0.2, 0.25) is 5.02 Å². The van der Waals surface area contributed by atoms with Gasteiger partial charge in [0.1, 0.15) is 17.7 Å². The van der Waals surface area contributed by atoms with Crippen molar-refractivity contribution in [3.63, 3.8) is 0 Å². The van der Waals surface area contributed by atoms with Gasteiger partial charge in [-0.25, -0.2) is 4.79 Å². The Morgan fingerprint density at radius 2 is 1.61 bits per heavy atom. The minimum atomic E-state index is -0.728. The minimum Gasteiger partial charge on any atom is -0.367 e. The molecule has 0 saturated heterocycles. The maximum Gasteiger partial charge on any atom is 0.352 e. The molecule has 5 heteroatoms. The highest BCUT2D eigenvalue weighted by molar-refractivity contribution is 6.31. The van der Waals surface area contributed by atoms with E-state index in [2.05, 4.69) is 65.3 Å². The van der Waals surface area contributed by atoms with Crippen LogP contribution in [0, 0.1) is 83.1 Å². The van der Waals surface area contributed by atoms with Gasteiger partial charge in [-0.05, 0) is 73.1 Å². The summed E-state index contributed by atoms with van der Waals surface area (Å²) in [5, 5.41) is 0.320. The summed E-state index contributed by atoms with van der Waals surface area (Å²) in [4.78, 5) is 37.2. The molecular formula is C28H17ClO4. The Kier molecular flexibility index (Phi) is 9.00. The average Bonchev–Trinajstić information content (AvgIpc) is 3.56. The van der Waals surface area contributed by atoms with Crippen molar-refractivity contribution in [1.29, 1.82) is 0 Å². The van der Waals surface area contributed by atoms with E-state index in [9.17, 15) is 14.4 Å². The van der Waals surface area contributed by atoms with E-state index in [1.54, 1.807) is 6.92 Å². The van der Waals surface area contributed by atoms with Crippen LogP contribution in [0.3, 0.4) is 0 Å². The van der Waals surface area contributed by atoms with E-state index in [0.29, 0.717) is 10.6 Å². The SMILES string of the molecule is C#CC#CC#CC#CC#CC#COC(=O)c1ccc(Cl)c(CC(=O)C(C)C(=O)C2(C)CC2)c1. The topological polar surface area (TPSA) is 60.4 Å². The number of hydrogen-bond donors (Lipinski definition) is 0. The summed E-state index contributed by atoms with van der Waals surface area (Å²) in [5.41, 5.74) is 0.218. The molecule has 1 aromatic rings. The fourth-order valence-electron chi connectivity index (χ4n) is 2.69. The van der Waals surface area contributed by atoms with Gasteiger partial charge >= 0.3 is 5.97 Å². The highest BCUT2D eigenvalue weighted by Gasteiger charge is 2.47. The lowest BCUT2D eigenvalue weighted by Gasteiger charge is -2.14. The van der Waals surface area contributed by atoms with Gasteiger partial charge in [0.05, 0.1) is 11.5 Å². The zero-order valence-electron chi connectivity index (χ0n) is 18.0. The van der Waals surface area contributed by atoms with Gasteiger partial charge in [0.2, 0.25) is 0 Å². The van der Waals surface area contributed by atoms with Crippen molar-refractivity contribution in [2.24, 2.45) is 11.3 Å². The lowest BCUT2D eigenvalue weighted by atomic mass is 9.87. The van der Waals surface area contributed by atoms with Gasteiger partial charge in [-0.15, -0.1) is 6.42 Å². The van der Waals surface area contributed by atoms with E-state index in [-0.39, 0.29) is 29.0 Å². The van der Waals surface area contributed by atoms with Crippen LogP contribution in [0.5, 0.6) is 0 Å². The van der Waals surface area contributed by atoms with Crippen LogP contribution in [0.25, 0.3) is 0 Å². The molecular weight excluding hydrogens is 436 g/mol. The van der Waals surface area contributed by atoms with Gasteiger partial charge in [-0.3, -0.25) is 9.59 Å². The number of carbonyl (C=O) groups is 3. The highest BCUT2D eigenvalue weighted by Crippen LogP contribution is 2.47. The second kappa shape index (κ2) is 11.9. The maximum absolute atomic E-state index is 12.6. The van der Waals surface area contributed by atoms with Gasteiger partial charge < -0.3 is 4.74 Å². The molecule has 1 saturated carbocycles. The number of benzene rings is 1. The van der Waals surface area contributed by atoms with E-state index in [1.807, 2.05) is 6.92 Å². The lowest BCUT2D eigenvalue weighted by Crippen LogP contribution is -2.28. The molecule has 1 fully saturated rings. The molecule has 1 aliphatic rings. The minimum absolute atomic E-state index is 0.0510. The number of halogens is 1. The normalized spacial score (nSPS) is 12.4. The molecule has 0 spiro atoms. The summed E-state index contributed by atoms with van der Waals surface area (Å²) in [6.07, 6.45) is 8.65. The van der Waals surface area contributed by atoms with E-state index in [4.69, 9.17) is 22.8 Å². The van der Waals surface area contributed by atoms with Crippen molar-refractivity contribution in [3.05, 3.63) is 34.3 Å². The van der Waals surface area contributed by atoms with Crippen molar-refractivity contribution < 1.29 is 19.1 Å². The molecule has 2 rings (SSSR count). The maximum atomic E-state index is 12.6. The van der Waals surface area contributed by atoms with Gasteiger partial charge in [0, 0.05) is 46.5 Å². The third-order valence-electron chi connectivity index (χ3n) is 4.88. The number of ether oxygens (including phenoxy) is 1. The Hall–Kier alpha value is -4.32. The summed E-state index contributed by atoms with van der Waals surface area (Å²) in [7, 11) is 0. The standard InChI is InChI=1S/C28H17ClO4/c1-4-5-6-7-8-9-10-11-12-13-18-33-27(32)22-14-15-24(29)23(19-22)20-25(30)21(2)26(31)28(3)16-17-28/h1,14-15,19,21H,16-17,20H2,2-3H3. The smallest absolute Gasteiger partial charge is 0.352 e. The van der Waals surface area contributed by atoms with Gasteiger partial charge in [0.15, 0.2) is 0 Å². The molecule has 0 N–H and O–H groups in total. The zero-order chi connectivity index (χ0) is 24.3. The first kappa shape index (κ1) is 24.9. The monoisotopic (exact) mass is 452 g/mol. The van der Waals surface area contributed by atoms with Crippen molar-refractivity contribution in [2.45, 2.75) is 33.1 Å². The molecule has 0 bridgehead atoms. The molecule has 160 valence electrons. The van der Waals surface area contributed by atoms with Crippen LogP contribution in [0.1, 0.15) is 42.6 Å². The number of esters is 1. The Balaban J connectivity index is 1.97. The number of ketones is 2. The van der Waals surface area contributed by atoms with E-state index in [1.165, 1.54) is 18.2 Å². The molecule has 0 aromatic heterocycles. The predicted octanol–water partition coefficient (Wildman–Crippen LogP) is 3.22. The molecule has 1 unspecified atom stereocenters. The number of rotatable bonds is 6. The Morgan fingerprint density at radius 1 is 1.03 bits per heavy atom. The van der Waals surface area contributed by atoms with E-state index >= 15 is 0 Å². The summed E-state index contributed by atoms with van der Waals surface area (Å²) in [5.74, 6) is 21.9. The van der Waals surface area contributed by atoms with Gasteiger partial charge in [-0.2, -0.15) is 0 Å². The molecule has 0 heterocycles. The fourth-order valence-corrected chi connectivity index (χ4v) is 2.88. The van der Waals surface area contributed by atoms with Crippen LogP contribution in [0.4, 0.5) is 0 Å². The second-order valence-electron chi connectivity index (χ2n) is 7.36. The molecule has 1 aromatic carbocycles. The van der Waals surface area contributed by atoms with Crippen LogP contribution >= 0.6 is 11.6 Å². The fraction of sp³-hybridized carbons (Fsp3) is 0.250. The summed E-state index contributed by atoms with van der Waals surface area (Å²) < 4.78 is 4.84. The predicted molar refractivity (Wildman–Crippen MR) is 125 cm³/mol. The second-order valence-corrected chi connectivity index (χ2v) is 7.76. The molecule has 0 radical (unpaired) electrons. The van der Waals surface area contributed by atoms with Crippen LogP contribution in [-0.2, 0) is 20.7 Å². The molecule has 0 aliphatic heterocycles. The third kappa shape index (κ3) is 7.70.